The number of hydrogen-bond acceptors (Lipinski definition) is 1. The fourth-order valence-electron chi connectivity index (χ4n) is 0.342. The fourth-order valence-corrected chi connectivity index (χ4v) is 0.342. The lowest BCUT2D eigenvalue weighted by atomic mass is 10.4. The largest absolute Gasteiger partial charge is 0.493 e. The van der Waals surface area contributed by atoms with E-state index < -0.39 is 0 Å². The van der Waals surface area contributed by atoms with Crippen molar-refractivity contribution < 1.29 is 4.74 Å². The van der Waals surface area contributed by atoms with Gasteiger partial charge >= 0.3 is 0 Å². The van der Waals surface area contributed by atoms with E-state index in [2.05, 4.69) is 12.3 Å². The molecule has 0 N–H and O–H groups in total. The average molecular weight is 98.1 g/mol. The minimum atomic E-state index is 0.819. The summed E-state index contributed by atoms with van der Waals surface area (Å²) in [5.74, 6) is 0.819. The second kappa shape index (κ2) is 3.51. The zero-order valence-corrected chi connectivity index (χ0v) is 4.82. The van der Waals surface area contributed by atoms with Crippen LogP contribution in [0.25, 0.3) is 0 Å². The molecular weight excluding hydrogens is 88.1 g/mol. The van der Waals surface area contributed by atoms with Gasteiger partial charge in [-0.2, -0.15) is 0 Å². The van der Waals surface area contributed by atoms with Crippen molar-refractivity contribution in [2.45, 2.75) is 13.3 Å². The maximum atomic E-state index is 4.79. The minimum absolute atomic E-state index is 0.819. The molecule has 0 fully saturated rings. The molecule has 0 spiro atoms. The van der Waals surface area contributed by atoms with Gasteiger partial charge in [-0.3, -0.25) is 0 Å². The summed E-state index contributed by atoms with van der Waals surface area (Å²) in [7, 11) is 1.62. The lowest BCUT2D eigenvalue weighted by Gasteiger charge is -1.94. The summed E-state index contributed by atoms with van der Waals surface area (Å²) in [6.45, 7) is 5.41. The summed E-state index contributed by atoms with van der Waals surface area (Å²) >= 11 is 0. The van der Waals surface area contributed by atoms with Crippen LogP contribution >= 0.6 is 0 Å². The summed E-state index contributed by atoms with van der Waals surface area (Å²) in [4.78, 5) is 0. The van der Waals surface area contributed by atoms with Crippen LogP contribution in [-0.2, 0) is 4.74 Å². The molecule has 0 saturated heterocycles. The lowest BCUT2D eigenvalue weighted by Crippen LogP contribution is -1.78. The van der Waals surface area contributed by atoms with Crippen LogP contribution in [0.5, 0.6) is 0 Å². The van der Waals surface area contributed by atoms with E-state index in [4.69, 9.17) is 4.74 Å². The van der Waals surface area contributed by atoms with Gasteiger partial charge in [-0.05, 0) is 0 Å². The second-order valence-corrected chi connectivity index (χ2v) is 1.16. The van der Waals surface area contributed by atoms with Gasteiger partial charge in [0.1, 0.15) is 5.76 Å². The molecule has 0 bridgehead atoms. The normalized spacial score (nSPS) is 7.14. The van der Waals surface area contributed by atoms with Crippen molar-refractivity contribution in [1.29, 1.82) is 0 Å². The maximum absolute atomic E-state index is 4.79. The Morgan fingerprint density at radius 2 is 2.43 bits per heavy atom. The molecule has 0 aliphatic rings. The zero-order chi connectivity index (χ0) is 5.70. The van der Waals surface area contributed by atoms with Gasteiger partial charge in [0.25, 0.3) is 0 Å². The molecule has 0 aliphatic heterocycles. The highest BCUT2D eigenvalue weighted by atomic mass is 16.5. The molecule has 7 heavy (non-hydrogen) atoms. The van der Waals surface area contributed by atoms with Gasteiger partial charge in [0.15, 0.2) is 0 Å². The maximum Gasteiger partial charge on any atom is 0.137 e. The standard InChI is InChI=1S/C6H10O/c1-4-6(5-2)7-3/h1,5H2,2-3H3. The molecule has 40 valence electrons. The van der Waals surface area contributed by atoms with E-state index in [0.717, 1.165) is 12.2 Å². The Morgan fingerprint density at radius 3 is 2.43 bits per heavy atom. The molecule has 0 amide bonds. The smallest absolute Gasteiger partial charge is 0.137 e. The average Bonchev–Trinajstić information content (AvgIpc) is 1.72. The first-order valence-electron chi connectivity index (χ1n) is 2.28. The molecule has 1 heteroatoms. The monoisotopic (exact) mass is 98.1 g/mol. The SMILES string of the molecule is C=C=C(CC)OC. The van der Waals surface area contributed by atoms with Gasteiger partial charge in [-0.25, -0.2) is 0 Å². The number of methoxy groups -OCH3 is 1. The quantitative estimate of drug-likeness (QED) is 0.377. The Labute approximate surface area is 44.3 Å². The van der Waals surface area contributed by atoms with E-state index >= 15 is 0 Å². The summed E-state index contributed by atoms with van der Waals surface area (Å²) in [6.07, 6.45) is 0.875. The molecule has 0 aromatic heterocycles. The van der Waals surface area contributed by atoms with E-state index in [0.29, 0.717) is 0 Å². The van der Waals surface area contributed by atoms with Crippen molar-refractivity contribution in [3.63, 3.8) is 0 Å². The first-order chi connectivity index (χ1) is 3.35. The predicted molar refractivity (Wildman–Crippen MR) is 30.0 cm³/mol. The van der Waals surface area contributed by atoms with Crippen molar-refractivity contribution in [3.8, 4) is 0 Å². The Morgan fingerprint density at radius 1 is 1.86 bits per heavy atom. The van der Waals surface area contributed by atoms with E-state index in [-0.39, 0.29) is 0 Å². The second-order valence-electron chi connectivity index (χ2n) is 1.16. The Balaban J connectivity index is 3.61. The van der Waals surface area contributed by atoms with Crippen LogP contribution < -0.4 is 0 Å². The first-order valence-corrected chi connectivity index (χ1v) is 2.28. The van der Waals surface area contributed by atoms with Crippen LogP contribution in [0.15, 0.2) is 18.1 Å². The third-order valence-corrected chi connectivity index (χ3v) is 0.765. The highest BCUT2D eigenvalue weighted by Gasteiger charge is 1.81. The van der Waals surface area contributed by atoms with Crippen LogP contribution in [0.2, 0.25) is 0 Å². The molecule has 0 saturated carbocycles. The molecule has 1 nitrogen and oxygen atoms in total. The van der Waals surface area contributed by atoms with Crippen molar-refractivity contribution >= 4 is 0 Å². The Hall–Kier alpha value is -0.680. The van der Waals surface area contributed by atoms with Crippen molar-refractivity contribution in [2.24, 2.45) is 0 Å². The number of rotatable bonds is 2. The fraction of sp³-hybridized carbons (Fsp3) is 0.500. The van der Waals surface area contributed by atoms with Crippen LogP contribution in [-0.4, -0.2) is 7.11 Å². The molecule has 0 atom stereocenters. The lowest BCUT2D eigenvalue weighted by molar-refractivity contribution is 0.282. The first kappa shape index (κ1) is 6.32. The van der Waals surface area contributed by atoms with Crippen molar-refractivity contribution in [1.82, 2.24) is 0 Å². The molecule has 0 aliphatic carbocycles. The highest BCUT2D eigenvalue weighted by molar-refractivity contribution is 4.86. The molecule has 0 aromatic carbocycles. The topological polar surface area (TPSA) is 9.23 Å². The van der Waals surface area contributed by atoms with Crippen LogP contribution in [0.1, 0.15) is 13.3 Å². The highest BCUT2D eigenvalue weighted by Crippen LogP contribution is 1.94. The van der Waals surface area contributed by atoms with Gasteiger partial charge in [-0.1, -0.05) is 19.2 Å². The van der Waals surface area contributed by atoms with Gasteiger partial charge in [0.05, 0.1) is 7.11 Å². The van der Waals surface area contributed by atoms with Crippen LogP contribution in [0.3, 0.4) is 0 Å². The number of hydrogen-bond donors (Lipinski definition) is 0. The van der Waals surface area contributed by atoms with E-state index in [1.807, 2.05) is 6.92 Å². The molecule has 0 unspecified atom stereocenters. The van der Waals surface area contributed by atoms with Gasteiger partial charge in [-0.15, -0.1) is 0 Å². The van der Waals surface area contributed by atoms with Gasteiger partial charge < -0.3 is 4.74 Å². The van der Waals surface area contributed by atoms with Crippen LogP contribution in [0, 0.1) is 0 Å². The summed E-state index contributed by atoms with van der Waals surface area (Å²) in [5, 5.41) is 0. The zero-order valence-electron chi connectivity index (χ0n) is 4.82. The predicted octanol–water partition coefficient (Wildman–Crippen LogP) is 1.71. The van der Waals surface area contributed by atoms with Gasteiger partial charge in [0.2, 0.25) is 0 Å². The van der Waals surface area contributed by atoms with Gasteiger partial charge in [0, 0.05) is 6.42 Å². The Bertz CT molecular complexity index is 82.4. The molecule has 0 heterocycles. The molecular formula is C6H10O. The third-order valence-electron chi connectivity index (χ3n) is 0.765. The van der Waals surface area contributed by atoms with E-state index in [1.165, 1.54) is 0 Å². The number of allylic oxidation sites excluding steroid dienone is 1. The summed E-state index contributed by atoms with van der Waals surface area (Å²) in [6, 6.07) is 0. The van der Waals surface area contributed by atoms with Crippen molar-refractivity contribution in [2.75, 3.05) is 7.11 Å². The Kier molecular flexibility index (Phi) is 3.17. The molecule has 0 aromatic rings. The third kappa shape index (κ3) is 2.07. The summed E-state index contributed by atoms with van der Waals surface area (Å²) < 4.78 is 4.79. The van der Waals surface area contributed by atoms with Crippen molar-refractivity contribution in [3.05, 3.63) is 18.1 Å². The minimum Gasteiger partial charge on any atom is -0.493 e. The molecule has 0 radical (unpaired) electrons. The summed E-state index contributed by atoms with van der Waals surface area (Å²) in [5.41, 5.74) is 2.65. The van der Waals surface area contributed by atoms with Crippen LogP contribution in [0.4, 0.5) is 0 Å². The molecule has 0 rings (SSSR count). The van der Waals surface area contributed by atoms with E-state index in [9.17, 15) is 0 Å². The number of ether oxygens (including phenoxy) is 1. The van der Waals surface area contributed by atoms with E-state index in [1.54, 1.807) is 7.11 Å².